The van der Waals surface area contributed by atoms with Crippen LogP contribution in [0.15, 0.2) is 0 Å². The van der Waals surface area contributed by atoms with Gasteiger partial charge in [-0.15, -0.1) is 0 Å². The van der Waals surface area contributed by atoms with Crippen molar-refractivity contribution in [3.8, 4) is 0 Å². The number of likely N-dealkylation sites (tertiary alicyclic amines) is 1. The smallest absolute Gasteiger partial charge is 0.281 e. The van der Waals surface area contributed by atoms with Gasteiger partial charge in [0, 0.05) is 26.7 Å². The maximum Gasteiger partial charge on any atom is 0.281 e. The molecule has 124 valence electrons. The SMILES string of the molecule is CC1CC(C)CN(S(=O)(=O)N(C)CC2CCN(C)CC2)C1. The molecule has 2 rings (SSSR count). The van der Waals surface area contributed by atoms with E-state index in [9.17, 15) is 8.42 Å². The molecule has 0 aromatic heterocycles. The van der Waals surface area contributed by atoms with Crippen LogP contribution in [-0.4, -0.2) is 68.7 Å². The Kier molecular flexibility index (Phi) is 5.68. The van der Waals surface area contributed by atoms with Crippen LogP contribution in [0.3, 0.4) is 0 Å². The molecule has 21 heavy (non-hydrogen) atoms. The van der Waals surface area contributed by atoms with Crippen LogP contribution >= 0.6 is 0 Å². The van der Waals surface area contributed by atoms with E-state index in [4.69, 9.17) is 0 Å². The van der Waals surface area contributed by atoms with E-state index in [1.165, 1.54) is 0 Å². The van der Waals surface area contributed by atoms with Crippen LogP contribution in [0.2, 0.25) is 0 Å². The van der Waals surface area contributed by atoms with Gasteiger partial charge >= 0.3 is 0 Å². The molecule has 0 amide bonds. The molecular weight excluding hydrogens is 286 g/mol. The highest BCUT2D eigenvalue weighted by molar-refractivity contribution is 7.86. The average molecular weight is 317 g/mol. The molecule has 2 fully saturated rings. The summed E-state index contributed by atoms with van der Waals surface area (Å²) < 4.78 is 28.8. The Balaban J connectivity index is 1.95. The van der Waals surface area contributed by atoms with Gasteiger partial charge in [-0.25, -0.2) is 0 Å². The van der Waals surface area contributed by atoms with Gasteiger partial charge in [0.1, 0.15) is 0 Å². The lowest BCUT2D eigenvalue weighted by Gasteiger charge is -2.37. The molecule has 2 saturated heterocycles. The van der Waals surface area contributed by atoms with Crippen molar-refractivity contribution >= 4 is 10.2 Å². The van der Waals surface area contributed by atoms with Gasteiger partial charge < -0.3 is 4.90 Å². The molecule has 0 saturated carbocycles. The molecule has 2 aliphatic heterocycles. The lowest BCUT2D eigenvalue weighted by molar-refractivity contribution is 0.187. The highest BCUT2D eigenvalue weighted by Crippen LogP contribution is 2.25. The summed E-state index contributed by atoms with van der Waals surface area (Å²) in [7, 11) is 0.592. The monoisotopic (exact) mass is 317 g/mol. The van der Waals surface area contributed by atoms with Crippen molar-refractivity contribution in [1.82, 2.24) is 13.5 Å². The standard InChI is InChI=1S/C15H31N3O2S/c1-13-9-14(2)11-18(10-13)21(19,20)17(4)12-15-5-7-16(3)8-6-15/h13-15H,5-12H2,1-4H3. The Morgan fingerprint density at radius 3 is 2.14 bits per heavy atom. The van der Waals surface area contributed by atoms with Crippen LogP contribution in [0.25, 0.3) is 0 Å². The first-order valence-electron chi connectivity index (χ1n) is 8.19. The van der Waals surface area contributed by atoms with E-state index in [1.54, 1.807) is 15.7 Å². The van der Waals surface area contributed by atoms with Gasteiger partial charge in [-0.2, -0.15) is 17.0 Å². The quantitative estimate of drug-likeness (QED) is 0.789. The van der Waals surface area contributed by atoms with Crippen molar-refractivity contribution in [2.45, 2.75) is 33.1 Å². The second kappa shape index (κ2) is 6.94. The van der Waals surface area contributed by atoms with Gasteiger partial charge in [0.15, 0.2) is 0 Å². The highest BCUT2D eigenvalue weighted by Gasteiger charge is 2.34. The van der Waals surface area contributed by atoms with Gasteiger partial charge in [-0.3, -0.25) is 0 Å². The summed E-state index contributed by atoms with van der Waals surface area (Å²) in [4.78, 5) is 2.32. The summed E-state index contributed by atoms with van der Waals surface area (Å²) in [6, 6.07) is 0. The maximum atomic E-state index is 12.8. The van der Waals surface area contributed by atoms with Crippen LogP contribution in [0.1, 0.15) is 33.1 Å². The first-order valence-corrected chi connectivity index (χ1v) is 9.58. The second-order valence-corrected chi connectivity index (χ2v) is 9.33. The summed E-state index contributed by atoms with van der Waals surface area (Å²) in [5.74, 6) is 1.42. The highest BCUT2D eigenvalue weighted by atomic mass is 32.2. The zero-order valence-electron chi connectivity index (χ0n) is 14.0. The number of hydrogen-bond acceptors (Lipinski definition) is 3. The van der Waals surface area contributed by atoms with Crippen molar-refractivity contribution in [2.24, 2.45) is 17.8 Å². The Labute approximate surface area is 130 Å². The van der Waals surface area contributed by atoms with Crippen molar-refractivity contribution in [3.05, 3.63) is 0 Å². The van der Waals surface area contributed by atoms with Gasteiger partial charge in [0.2, 0.25) is 0 Å². The van der Waals surface area contributed by atoms with Crippen LogP contribution in [0, 0.1) is 17.8 Å². The molecule has 0 N–H and O–H groups in total. The number of rotatable bonds is 4. The molecule has 2 unspecified atom stereocenters. The van der Waals surface area contributed by atoms with Crippen LogP contribution in [0.5, 0.6) is 0 Å². The first kappa shape index (κ1) is 17.2. The lowest BCUT2D eigenvalue weighted by Crippen LogP contribution is -2.49. The summed E-state index contributed by atoms with van der Waals surface area (Å²) >= 11 is 0. The van der Waals surface area contributed by atoms with Crippen LogP contribution in [-0.2, 0) is 10.2 Å². The van der Waals surface area contributed by atoms with Crippen LogP contribution < -0.4 is 0 Å². The van der Waals surface area contributed by atoms with Crippen molar-refractivity contribution in [3.63, 3.8) is 0 Å². The lowest BCUT2D eigenvalue weighted by atomic mass is 9.94. The third kappa shape index (κ3) is 4.41. The summed E-state index contributed by atoms with van der Waals surface area (Å²) in [5.41, 5.74) is 0. The second-order valence-electron chi connectivity index (χ2n) is 7.30. The minimum atomic E-state index is -3.29. The van der Waals surface area contributed by atoms with E-state index in [2.05, 4.69) is 25.8 Å². The maximum absolute atomic E-state index is 12.8. The topological polar surface area (TPSA) is 43.9 Å². The van der Waals surface area contributed by atoms with Crippen molar-refractivity contribution in [2.75, 3.05) is 46.8 Å². The Morgan fingerprint density at radius 2 is 1.62 bits per heavy atom. The van der Waals surface area contributed by atoms with Gasteiger partial charge in [0.25, 0.3) is 10.2 Å². The molecular formula is C15H31N3O2S. The number of nitrogens with zero attached hydrogens (tertiary/aromatic N) is 3. The van der Waals surface area contributed by atoms with E-state index < -0.39 is 10.2 Å². The van der Waals surface area contributed by atoms with Crippen molar-refractivity contribution < 1.29 is 8.42 Å². The number of hydrogen-bond donors (Lipinski definition) is 0. The Morgan fingerprint density at radius 1 is 1.10 bits per heavy atom. The zero-order chi connectivity index (χ0) is 15.6. The van der Waals surface area contributed by atoms with E-state index in [-0.39, 0.29) is 0 Å². The Bertz CT molecular complexity index is 422. The fraction of sp³-hybridized carbons (Fsp3) is 1.00. The molecule has 0 spiro atoms. The minimum absolute atomic E-state index is 0.459. The normalized spacial score (nSPS) is 30.9. The first-order chi connectivity index (χ1) is 9.79. The summed E-state index contributed by atoms with van der Waals surface area (Å²) in [6.45, 7) is 8.46. The third-order valence-electron chi connectivity index (χ3n) is 4.91. The predicted octanol–water partition coefficient (Wildman–Crippen LogP) is 1.48. The van der Waals surface area contributed by atoms with Crippen molar-refractivity contribution in [1.29, 1.82) is 0 Å². The molecule has 2 aliphatic rings. The summed E-state index contributed by atoms with van der Waals surface area (Å²) in [6.07, 6.45) is 3.33. The van der Waals surface area contributed by atoms with Crippen LogP contribution in [0.4, 0.5) is 0 Å². The fourth-order valence-corrected chi connectivity index (χ4v) is 5.37. The molecule has 0 aromatic carbocycles. The molecule has 0 aromatic rings. The molecule has 6 heteroatoms. The number of piperidine rings is 2. The van der Waals surface area contributed by atoms with E-state index in [0.29, 0.717) is 37.4 Å². The third-order valence-corrected chi connectivity index (χ3v) is 6.80. The fourth-order valence-electron chi connectivity index (χ4n) is 3.69. The average Bonchev–Trinajstić information content (AvgIpc) is 2.40. The van der Waals surface area contributed by atoms with Gasteiger partial charge in [-0.05, 0) is 57.2 Å². The molecule has 0 radical (unpaired) electrons. The molecule has 2 heterocycles. The molecule has 0 aliphatic carbocycles. The molecule has 5 nitrogen and oxygen atoms in total. The van der Waals surface area contributed by atoms with Gasteiger partial charge in [0.05, 0.1) is 0 Å². The largest absolute Gasteiger partial charge is 0.306 e. The minimum Gasteiger partial charge on any atom is -0.306 e. The summed E-state index contributed by atoms with van der Waals surface area (Å²) in [5, 5.41) is 0. The van der Waals surface area contributed by atoms with Gasteiger partial charge in [-0.1, -0.05) is 13.8 Å². The van der Waals surface area contributed by atoms with E-state index >= 15 is 0 Å². The van der Waals surface area contributed by atoms with E-state index in [1.807, 2.05) is 0 Å². The Hall–Kier alpha value is -0.170. The van der Waals surface area contributed by atoms with E-state index in [0.717, 1.165) is 32.4 Å². The zero-order valence-corrected chi connectivity index (χ0v) is 14.8. The predicted molar refractivity (Wildman–Crippen MR) is 86.3 cm³/mol. The molecule has 0 bridgehead atoms. The molecule has 2 atom stereocenters.